The van der Waals surface area contributed by atoms with Gasteiger partial charge in [-0.3, -0.25) is 9.59 Å². The average Bonchev–Trinajstić information content (AvgIpc) is 2.87. The predicted molar refractivity (Wildman–Crippen MR) is 146 cm³/mol. The number of amides is 2. The lowest BCUT2D eigenvalue weighted by atomic mass is 10.1. The Kier molecular flexibility index (Phi) is 9.31. The van der Waals surface area contributed by atoms with Crippen LogP contribution in [0.5, 0.6) is 11.5 Å². The van der Waals surface area contributed by atoms with E-state index in [9.17, 15) is 14.9 Å². The van der Waals surface area contributed by atoms with Crippen LogP contribution in [0.2, 0.25) is 5.02 Å². The summed E-state index contributed by atoms with van der Waals surface area (Å²) in [6, 6.07) is 17.7. The van der Waals surface area contributed by atoms with Gasteiger partial charge in [0.05, 0.1) is 6.61 Å². The molecule has 0 saturated heterocycles. The number of aryl methyl sites for hydroxylation is 2. The largest absolute Gasteiger partial charge is 0.490 e. The third kappa shape index (κ3) is 7.35. The third-order valence-electron chi connectivity index (χ3n) is 5.61. The highest BCUT2D eigenvalue weighted by Crippen LogP contribution is 2.30. The molecule has 0 heterocycles. The molecule has 0 aromatic heterocycles. The van der Waals surface area contributed by atoms with Crippen LogP contribution in [0.4, 0.5) is 11.4 Å². The molecular weight excluding hydrogens is 490 g/mol. The smallest absolute Gasteiger partial charge is 0.266 e. The molecule has 37 heavy (non-hydrogen) atoms. The molecule has 3 rings (SSSR count). The highest BCUT2D eigenvalue weighted by atomic mass is 35.5. The molecule has 3 aromatic rings. The maximum Gasteiger partial charge on any atom is 0.266 e. The maximum atomic E-state index is 12.7. The average molecular weight is 518 g/mol. The van der Waals surface area contributed by atoms with E-state index in [0.717, 1.165) is 16.7 Å². The molecule has 0 aliphatic carbocycles. The highest BCUT2D eigenvalue weighted by molar-refractivity contribution is 6.31. The van der Waals surface area contributed by atoms with Gasteiger partial charge in [0, 0.05) is 16.4 Å². The Hall–Kier alpha value is -4.28. The molecule has 2 amide bonds. The monoisotopic (exact) mass is 517 g/mol. The summed E-state index contributed by atoms with van der Waals surface area (Å²) >= 11 is 6.11. The summed E-state index contributed by atoms with van der Waals surface area (Å²) < 4.78 is 11.4. The zero-order valence-corrected chi connectivity index (χ0v) is 21.9. The van der Waals surface area contributed by atoms with Crippen LogP contribution < -0.4 is 20.1 Å². The van der Waals surface area contributed by atoms with Gasteiger partial charge in [0.2, 0.25) is 0 Å². The van der Waals surface area contributed by atoms with E-state index in [1.807, 2.05) is 52.0 Å². The SMILES string of the molecule is CCOc1cc(/C=C(/C#N)C(=O)Nc2cccc(C)c2C)ccc1OCC(=O)Nc1ccc(C)c(Cl)c1. The van der Waals surface area contributed by atoms with Gasteiger partial charge in [-0.1, -0.05) is 35.9 Å². The normalized spacial score (nSPS) is 10.9. The first-order valence-electron chi connectivity index (χ1n) is 11.7. The number of hydrogen-bond acceptors (Lipinski definition) is 5. The molecule has 0 fully saturated rings. The van der Waals surface area contributed by atoms with E-state index >= 15 is 0 Å². The molecule has 0 atom stereocenters. The number of nitrogens with one attached hydrogen (secondary N) is 2. The molecule has 0 bridgehead atoms. The number of nitrogens with zero attached hydrogens (tertiary/aromatic N) is 1. The molecule has 7 nitrogen and oxygen atoms in total. The summed E-state index contributed by atoms with van der Waals surface area (Å²) in [4.78, 5) is 25.1. The van der Waals surface area contributed by atoms with Crippen molar-refractivity contribution in [3.05, 3.63) is 87.4 Å². The number of halogens is 1. The maximum absolute atomic E-state index is 12.7. The van der Waals surface area contributed by atoms with E-state index in [0.29, 0.717) is 40.1 Å². The molecule has 0 unspecified atom stereocenters. The van der Waals surface area contributed by atoms with Crippen LogP contribution in [0, 0.1) is 32.1 Å². The summed E-state index contributed by atoms with van der Waals surface area (Å²) in [6.45, 7) is 7.66. The van der Waals surface area contributed by atoms with Crippen molar-refractivity contribution >= 4 is 40.9 Å². The first-order valence-corrected chi connectivity index (χ1v) is 12.0. The van der Waals surface area contributed by atoms with Crippen molar-refractivity contribution in [3.8, 4) is 17.6 Å². The summed E-state index contributed by atoms with van der Waals surface area (Å²) in [5.41, 5.74) is 4.61. The number of carbonyl (C=O) groups is 2. The van der Waals surface area contributed by atoms with Crippen LogP contribution in [0.3, 0.4) is 0 Å². The van der Waals surface area contributed by atoms with Crippen molar-refractivity contribution in [3.63, 3.8) is 0 Å². The number of carbonyl (C=O) groups excluding carboxylic acids is 2. The molecule has 0 spiro atoms. The zero-order chi connectivity index (χ0) is 26.9. The van der Waals surface area contributed by atoms with Crippen molar-refractivity contribution in [2.45, 2.75) is 27.7 Å². The predicted octanol–water partition coefficient (Wildman–Crippen LogP) is 6.23. The second-order valence-electron chi connectivity index (χ2n) is 8.31. The molecule has 3 aromatic carbocycles. The fourth-order valence-electron chi connectivity index (χ4n) is 3.40. The van der Waals surface area contributed by atoms with Crippen molar-refractivity contribution in [1.82, 2.24) is 0 Å². The van der Waals surface area contributed by atoms with Crippen LogP contribution >= 0.6 is 11.6 Å². The molecule has 190 valence electrons. The Morgan fingerprint density at radius 1 is 0.973 bits per heavy atom. The lowest BCUT2D eigenvalue weighted by Gasteiger charge is -2.13. The second kappa shape index (κ2) is 12.6. The van der Waals surface area contributed by atoms with E-state index < -0.39 is 5.91 Å². The Bertz CT molecular complexity index is 1390. The van der Waals surface area contributed by atoms with Crippen LogP contribution in [-0.2, 0) is 9.59 Å². The first kappa shape index (κ1) is 27.3. The van der Waals surface area contributed by atoms with E-state index in [-0.39, 0.29) is 18.1 Å². The first-order chi connectivity index (χ1) is 17.7. The van der Waals surface area contributed by atoms with Gasteiger partial charge in [-0.15, -0.1) is 0 Å². The topological polar surface area (TPSA) is 100 Å². The van der Waals surface area contributed by atoms with Gasteiger partial charge < -0.3 is 20.1 Å². The molecule has 0 saturated carbocycles. The van der Waals surface area contributed by atoms with Gasteiger partial charge in [0.25, 0.3) is 11.8 Å². The lowest BCUT2D eigenvalue weighted by molar-refractivity contribution is -0.118. The number of ether oxygens (including phenoxy) is 2. The molecule has 2 N–H and O–H groups in total. The van der Waals surface area contributed by atoms with Crippen LogP contribution in [0.25, 0.3) is 6.08 Å². The van der Waals surface area contributed by atoms with E-state index in [1.165, 1.54) is 6.08 Å². The zero-order valence-electron chi connectivity index (χ0n) is 21.1. The fraction of sp³-hybridized carbons (Fsp3) is 0.207. The van der Waals surface area contributed by atoms with Crippen LogP contribution in [0.1, 0.15) is 29.2 Å². The summed E-state index contributed by atoms with van der Waals surface area (Å²) in [5.74, 6) is -0.132. The van der Waals surface area contributed by atoms with Gasteiger partial charge in [-0.2, -0.15) is 5.26 Å². The lowest BCUT2D eigenvalue weighted by Crippen LogP contribution is -2.20. The van der Waals surface area contributed by atoms with E-state index in [4.69, 9.17) is 21.1 Å². The highest BCUT2D eigenvalue weighted by Gasteiger charge is 2.14. The Morgan fingerprint density at radius 3 is 2.46 bits per heavy atom. The van der Waals surface area contributed by atoms with Crippen molar-refractivity contribution in [1.29, 1.82) is 5.26 Å². The van der Waals surface area contributed by atoms with Gasteiger partial charge in [0.1, 0.15) is 11.6 Å². The minimum absolute atomic E-state index is 0.0619. The Morgan fingerprint density at radius 2 is 1.76 bits per heavy atom. The number of rotatable bonds is 9. The number of benzene rings is 3. The minimum atomic E-state index is -0.512. The Labute approximate surface area is 221 Å². The fourth-order valence-corrected chi connectivity index (χ4v) is 3.58. The molecule has 8 heteroatoms. The standard InChI is InChI=1S/C29H28ClN3O4/c1-5-36-27-14-21(13-22(16-31)29(35)33-25-8-6-7-18(2)20(25)4)10-12-26(27)37-17-28(34)32-23-11-9-19(3)24(30)15-23/h6-15H,5,17H2,1-4H3,(H,32,34)(H,33,35)/b22-13-. The van der Waals surface area contributed by atoms with Crippen molar-refractivity contribution in [2.24, 2.45) is 0 Å². The van der Waals surface area contributed by atoms with E-state index in [1.54, 1.807) is 36.4 Å². The van der Waals surface area contributed by atoms with Crippen molar-refractivity contribution in [2.75, 3.05) is 23.8 Å². The van der Waals surface area contributed by atoms with Gasteiger partial charge in [-0.25, -0.2) is 0 Å². The number of anilines is 2. The number of nitriles is 1. The molecule has 0 aliphatic heterocycles. The van der Waals surface area contributed by atoms with Gasteiger partial charge in [-0.05, 0) is 86.4 Å². The summed E-state index contributed by atoms with van der Waals surface area (Å²) in [5, 5.41) is 15.7. The quantitative estimate of drug-likeness (QED) is 0.259. The summed E-state index contributed by atoms with van der Waals surface area (Å²) in [7, 11) is 0. The summed E-state index contributed by atoms with van der Waals surface area (Å²) in [6.07, 6.45) is 1.47. The van der Waals surface area contributed by atoms with Crippen LogP contribution in [-0.4, -0.2) is 25.0 Å². The van der Waals surface area contributed by atoms with Gasteiger partial charge >= 0.3 is 0 Å². The van der Waals surface area contributed by atoms with E-state index in [2.05, 4.69) is 10.6 Å². The third-order valence-corrected chi connectivity index (χ3v) is 6.02. The van der Waals surface area contributed by atoms with Crippen molar-refractivity contribution < 1.29 is 19.1 Å². The van der Waals surface area contributed by atoms with Crippen LogP contribution in [0.15, 0.2) is 60.2 Å². The number of hydrogen-bond donors (Lipinski definition) is 2. The minimum Gasteiger partial charge on any atom is -0.490 e. The molecule has 0 radical (unpaired) electrons. The Balaban J connectivity index is 1.72. The second-order valence-corrected chi connectivity index (χ2v) is 8.72. The molecular formula is C29H28ClN3O4. The van der Waals surface area contributed by atoms with Gasteiger partial charge in [0.15, 0.2) is 18.1 Å². The molecule has 0 aliphatic rings.